The fourth-order valence-electron chi connectivity index (χ4n) is 3.38. The number of hydrogen-bond acceptors (Lipinski definition) is 2. The fraction of sp³-hybridized carbons (Fsp3) is 0.562. The van der Waals surface area contributed by atoms with Gasteiger partial charge < -0.3 is 10.2 Å². The summed E-state index contributed by atoms with van der Waals surface area (Å²) in [7, 11) is 0. The number of piperidine rings is 1. The van der Waals surface area contributed by atoms with Crippen LogP contribution in [0.2, 0.25) is 0 Å². The summed E-state index contributed by atoms with van der Waals surface area (Å²) in [4.78, 5) is 14.7. The van der Waals surface area contributed by atoms with Crippen LogP contribution in [0.25, 0.3) is 0 Å². The lowest BCUT2D eigenvalue weighted by molar-refractivity contribution is -0.136. The first kappa shape index (κ1) is 12.7. The lowest BCUT2D eigenvalue weighted by atomic mass is 9.79. The van der Waals surface area contributed by atoms with Gasteiger partial charge in [0.2, 0.25) is 5.91 Å². The van der Waals surface area contributed by atoms with Crippen LogP contribution in [-0.2, 0) is 11.2 Å². The van der Waals surface area contributed by atoms with E-state index in [1.165, 1.54) is 5.56 Å². The maximum absolute atomic E-state index is 12.6. The number of benzene rings is 1. The summed E-state index contributed by atoms with van der Waals surface area (Å²) in [6.45, 7) is 3.75. The van der Waals surface area contributed by atoms with Crippen LogP contribution in [0, 0.1) is 5.41 Å². The van der Waals surface area contributed by atoms with Gasteiger partial charge in [-0.1, -0.05) is 30.3 Å². The number of carbonyl (C=O) groups excluding carboxylic acids is 1. The van der Waals surface area contributed by atoms with Crippen LogP contribution in [0.5, 0.6) is 0 Å². The number of nitrogens with zero attached hydrogens (tertiary/aromatic N) is 1. The monoisotopic (exact) mass is 258 g/mol. The van der Waals surface area contributed by atoms with Crippen molar-refractivity contribution in [1.29, 1.82) is 0 Å². The maximum atomic E-state index is 12.6. The third-order valence-electron chi connectivity index (χ3n) is 4.59. The zero-order chi connectivity index (χ0) is 13.1. The maximum Gasteiger partial charge on any atom is 0.230 e. The van der Waals surface area contributed by atoms with E-state index in [2.05, 4.69) is 34.5 Å². The highest BCUT2D eigenvalue weighted by Crippen LogP contribution is 2.37. The molecule has 2 fully saturated rings. The summed E-state index contributed by atoms with van der Waals surface area (Å²) in [5.41, 5.74) is 1.24. The summed E-state index contributed by atoms with van der Waals surface area (Å²) in [6, 6.07) is 10.4. The Balaban J connectivity index is 1.60. The standard InChI is InChI=1S/C16H22N2O/c19-15-16(8-4-10-17-13-16)9-12-18(15)11-7-14-5-2-1-3-6-14/h1-3,5-6,17H,4,7-13H2. The van der Waals surface area contributed by atoms with E-state index in [0.717, 1.165) is 51.9 Å². The minimum atomic E-state index is -0.0745. The molecular formula is C16H22N2O. The van der Waals surface area contributed by atoms with Gasteiger partial charge in [0.1, 0.15) is 0 Å². The van der Waals surface area contributed by atoms with Gasteiger partial charge in [-0.25, -0.2) is 0 Å². The van der Waals surface area contributed by atoms with Crippen molar-refractivity contribution in [2.45, 2.75) is 25.7 Å². The lowest BCUT2D eigenvalue weighted by Crippen LogP contribution is -2.45. The Hall–Kier alpha value is -1.35. The van der Waals surface area contributed by atoms with Crippen LogP contribution in [0.1, 0.15) is 24.8 Å². The van der Waals surface area contributed by atoms with Crippen LogP contribution in [-0.4, -0.2) is 37.0 Å². The van der Waals surface area contributed by atoms with Crippen molar-refractivity contribution in [3.8, 4) is 0 Å². The van der Waals surface area contributed by atoms with Gasteiger partial charge in [-0.15, -0.1) is 0 Å². The lowest BCUT2D eigenvalue weighted by Gasteiger charge is -2.32. The molecule has 0 bridgehead atoms. The van der Waals surface area contributed by atoms with Gasteiger partial charge in [-0.05, 0) is 37.8 Å². The minimum absolute atomic E-state index is 0.0745. The number of carbonyl (C=O) groups is 1. The van der Waals surface area contributed by atoms with E-state index in [9.17, 15) is 4.79 Å². The number of hydrogen-bond donors (Lipinski definition) is 1. The second-order valence-corrected chi connectivity index (χ2v) is 5.84. The summed E-state index contributed by atoms with van der Waals surface area (Å²) in [5, 5.41) is 3.39. The molecular weight excluding hydrogens is 236 g/mol. The molecule has 3 rings (SSSR count). The van der Waals surface area contributed by atoms with Crippen LogP contribution in [0.3, 0.4) is 0 Å². The van der Waals surface area contributed by atoms with Crippen molar-refractivity contribution in [3.05, 3.63) is 35.9 Å². The molecule has 2 saturated heterocycles. The molecule has 102 valence electrons. The van der Waals surface area contributed by atoms with E-state index in [-0.39, 0.29) is 5.41 Å². The molecule has 3 nitrogen and oxygen atoms in total. The average Bonchev–Trinajstić information content (AvgIpc) is 2.76. The molecule has 3 heteroatoms. The van der Waals surface area contributed by atoms with Gasteiger partial charge in [-0.3, -0.25) is 4.79 Å². The molecule has 1 unspecified atom stereocenters. The third-order valence-corrected chi connectivity index (χ3v) is 4.59. The molecule has 1 aromatic carbocycles. The molecule has 2 aliphatic heterocycles. The molecule has 1 atom stereocenters. The van der Waals surface area contributed by atoms with Gasteiger partial charge in [-0.2, -0.15) is 0 Å². The van der Waals surface area contributed by atoms with Gasteiger partial charge in [0.15, 0.2) is 0 Å². The predicted octanol–water partition coefficient (Wildman–Crippen LogP) is 1.83. The van der Waals surface area contributed by atoms with E-state index in [0.29, 0.717) is 5.91 Å². The Bertz CT molecular complexity index is 437. The number of likely N-dealkylation sites (tertiary alicyclic amines) is 1. The predicted molar refractivity (Wildman–Crippen MR) is 75.9 cm³/mol. The van der Waals surface area contributed by atoms with E-state index in [1.807, 2.05) is 6.07 Å². The molecule has 0 aromatic heterocycles. The second kappa shape index (κ2) is 5.33. The highest BCUT2D eigenvalue weighted by Gasteiger charge is 2.46. The Labute approximate surface area is 115 Å². The van der Waals surface area contributed by atoms with Gasteiger partial charge >= 0.3 is 0 Å². The quantitative estimate of drug-likeness (QED) is 0.897. The summed E-state index contributed by atoms with van der Waals surface area (Å²) in [6.07, 6.45) is 4.21. The first-order valence-corrected chi connectivity index (χ1v) is 7.34. The van der Waals surface area contributed by atoms with Crippen LogP contribution in [0.4, 0.5) is 0 Å². The summed E-state index contributed by atoms with van der Waals surface area (Å²) in [5.74, 6) is 0.385. The van der Waals surface area contributed by atoms with Crippen molar-refractivity contribution in [2.24, 2.45) is 5.41 Å². The molecule has 0 radical (unpaired) electrons. The fourth-order valence-corrected chi connectivity index (χ4v) is 3.38. The summed E-state index contributed by atoms with van der Waals surface area (Å²) < 4.78 is 0. The van der Waals surface area contributed by atoms with Gasteiger partial charge in [0.05, 0.1) is 5.41 Å². The highest BCUT2D eigenvalue weighted by molar-refractivity contribution is 5.85. The average molecular weight is 258 g/mol. The van der Waals surface area contributed by atoms with Crippen molar-refractivity contribution >= 4 is 5.91 Å². The van der Waals surface area contributed by atoms with Crippen molar-refractivity contribution in [2.75, 3.05) is 26.2 Å². The van der Waals surface area contributed by atoms with E-state index in [1.54, 1.807) is 0 Å². The van der Waals surface area contributed by atoms with Crippen LogP contribution >= 0.6 is 0 Å². The van der Waals surface area contributed by atoms with Crippen LogP contribution < -0.4 is 5.32 Å². The van der Waals surface area contributed by atoms with Crippen molar-refractivity contribution < 1.29 is 4.79 Å². The molecule has 2 aliphatic rings. The highest BCUT2D eigenvalue weighted by atomic mass is 16.2. The van der Waals surface area contributed by atoms with Crippen molar-refractivity contribution in [3.63, 3.8) is 0 Å². The van der Waals surface area contributed by atoms with E-state index in [4.69, 9.17) is 0 Å². The smallest absolute Gasteiger partial charge is 0.230 e. The topological polar surface area (TPSA) is 32.3 Å². The molecule has 1 spiro atoms. The zero-order valence-corrected chi connectivity index (χ0v) is 11.4. The van der Waals surface area contributed by atoms with Gasteiger partial charge in [0, 0.05) is 19.6 Å². The summed E-state index contributed by atoms with van der Waals surface area (Å²) >= 11 is 0. The Morgan fingerprint density at radius 3 is 2.79 bits per heavy atom. The minimum Gasteiger partial charge on any atom is -0.342 e. The first-order valence-electron chi connectivity index (χ1n) is 7.34. The SMILES string of the molecule is O=C1N(CCc2ccccc2)CCC12CCCNC2. The molecule has 2 heterocycles. The third kappa shape index (κ3) is 2.52. The first-order chi connectivity index (χ1) is 9.30. The molecule has 0 saturated carbocycles. The molecule has 1 amide bonds. The zero-order valence-electron chi connectivity index (χ0n) is 11.4. The van der Waals surface area contributed by atoms with E-state index < -0.39 is 0 Å². The van der Waals surface area contributed by atoms with Gasteiger partial charge in [0.25, 0.3) is 0 Å². The number of rotatable bonds is 3. The molecule has 19 heavy (non-hydrogen) atoms. The molecule has 1 N–H and O–H groups in total. The van der Waals surface area contributed by atoms with E-state index >= 15 is 0 Å². The normalized spacial score (nSPS) is 27.2. The number of nitrogens with one attached hydrogen (secondary N) is 1. The second-order valence-electron chi connectivity index (χ2n) is 5.84. The van der Waals surface area contributed by atoms with Crippen molar-refractivity contribution in [1.82, 2.24) is 10.2 Å². The van der Waals surface area contributed by atoms with Crippen LogP contribution in [0.15, 0.2) is 30.3 Å². The Morgan fingerprint density at radius 1 is 1.21 bits per heavy atom. The molecule has 1 aromatic rings. The molecule has 0 aliphatic carbocycles. The Kier molecular flexibility index (Phi) is 3.56. The Morgan fingerprint density at radius 2 is 2.05 bits per heavy atom. The largest absolute Gasteiger partial charge is 0.342 e. The number of amides is 1.